The van der Waals surface area contributed by atoms with Crippen molar-refractivity contribution in [1.82, 2.24) is 0 Å². The van der Waals surface area contributed by atoms with Gasteiger partial charge in [0.05, 0.1) is 0 Å². The molecule has 0 spiro atoms. The van der Waals surface area contributed by atoms with Crippen LogP contribution in [0, 0.1) is 0 Å². The predicted molar refractivity (Wildman–Crippen MR) is 90.5 cm³/mol. The van der Waals surface area contributed by atoms with Gasteiger partial charge >= 0.3 is 0 Å². The van der Waals surface area contributed by atoms with Gasteiger partial charge in [-0.25, -0.2) is 0 Å². The second-order valence-corrected chi connectivity index (χ2v) is 4.73. The molecular formula is C19H30O. The van der Waals surface area contributed by atoms with Gasteiger partial charge in [-0.05, 0) is 24.5 Å². The van der Waals surface area contributed by atoms with E-state index in [0.717, 1.165) is 12.2 Å². The van der Waals surface area contributed by atoms with Gasteiger partial charge in [0, 0.05) is 0 Å². The fraction of sp³-hybridized carbons (Fsp3) is 0.474. The smallest absolute Gasteiger partial charge is 0.122 e. The van der Waals surface area contributed by atoms with Gasteiger partial charge in [-0.1, -0.05) is 69.9 Å². The van der Waals surface area contributed by atoms with Crippen LogP contribution in [0.15, 0.2) is 50.1 Å². The average Bonchev–Trinajstić information content (AvgIpc) is 2.51. The first kappa shape index (κ1) is 18.5. The van der Waals surface area contributed by atoms with Crippen molar-refractivity contribution in [2.45, 2.75) is 51.9 Å². The van der Waals surface area contributed by atoms with Crippen LogP contribution in [0.5, 0.6) is 5.75 Å². The molecule has 1 aromatic carbocycles. The Kier molecular flexibility index (Phi) is 12.9. The minimum Gasteiger partial charge on any atom is -0.489 e. The van der Waals surface area contributed by atoms with E-state index in [1.165, 1.54) is 44.1 Å². The molecule has 0 N–H and O–H groups in total. The van der Waals surface area contributed by atoms with Gasteiger partial charge < -0.3 is 4.74 Å². The normalized spacial score (nSPS) is 9.45. The molecule has 112 valence electrons. The predicted octanol–water partition coefficient (Wildman–Crippen LogP) is 5.96. The Morgan fingerprint density at radius 2 is 1.65 bits per heavy atom. The zero-order valence-electron chi connectivity index (χ0n) is 13.1. The lowest BCUT2D eigenvalue weighted by atomic mass is 10.0. The van der Waals surface area contributed by atoms with Gasteiger partial charge in [0.1, 0.15) is 12.4 Å². The molecule has 0 heterocycles. The number of ether oxygens (including phenoxy) is 1. The third-order valence-electron chi connectivity index (χ3n) is 3.13. The second kappa shape index (κ2) is 13.9. The van der Waals surface area contributed by atoms with E-state index in [2.05, 4.69) is 44.9 Å². The largest absolute Gasteiger partial charge is 0.489 e. The summed E-state index contributed by atoms with van der Waals surface area (Å²) in [6.07, 6.45) is 10.9. The van der Waals surface area contributed by atoms with Crippen molar-refractivity contribution in [2.75, 3.05) is 6.61 Å². The highest BCUT2D eigenvalue weighted by molar-refractivity contribution is 5.33. The molecular weight excluding hydrogens is 244 g/mol. The van der Waals surface area contributed by atoms with Crippen molar-refractivity contribution in [1.29, 1.82) is 0 Å². The van der Waals surface area contributed by atoms with Crippen LogP contribution in [0.3, 0.4) is 0 Å². The Hall–Kier alpha value is -1.50. The van der Waals surface area contributed by atoms with Crippen molar-refractivity contribution in [3.05, 3.63) is 55.6 Å². The molecule has 0 aliphatic rings. The number of hydrogen-bond acceptors (Lipinski definition) is 1. The minimum absolute atomic E-state index is 0.591. The van der Waals surface area contributed by atoms with Crippen molar-refractivity contribution >= 4 is 0 Å². The highest BCUT2D eigenvalue weighted by Crippen LogP contribution is 2.20. The van der Waals surface area contributed by atoms with Crippen molar-refractivity contribution in [2.24, 2.45) is 0 Å². The van der Waals surface area contributed by atoms with Gasteiger partial charge in [-0.3, -0.25) is 0 Å². The molecule has 0 aliphatic heterocycles. The summed E-state index contributed by atoms with van der Waals surface area (Å²) in [6.45, 7) is 12.5. The number of para-hydroxylation sites is 1. The lowest BCUT2D eigenvalue weighted by Gasteiger charge is -2.09. The van der Waals surface area contributed by atoms with Crippen LogP contribution in [-0.2, 0) is 6.42 Å². The average molecular weight is 274 g/mol. The van der Waals surface area contributed by atoms with Gasteiger partial charge in [0.15, 0.2) is 0 Å². The highest BCUT2D eigenvalue weighted by Gasteiger charge is 2.01. The maximum absolute atomic E-state index is 5.66. The van der Waals surface area contributed by atoms with E-state index in [-0.39, 0.29) is 0 Å². The number of hydrogen-bond donors (Lipinski definition) is 0. The van der Waals surface area contributed by atoms with Gasteiger partial charge in [0.25, 0.3) is 0 Å². The van der Waals surface area contributed by atoms with Gasteiger partial charge in [-0.15, -0.1) is 13.2 Å². The summed E-state index contributed by atoms with van der Waals surface area (Å²) in [5.41, 5.74) is 1.33. The van der Waals surface area contributed by atoms with Crippen LogP contribution in [0.2, 0.25) is 0 Å². The molecule has 0 fully saturated rings. The molecule has 0 amide bonds. The molecule has 20 heavy (non-hydrogen) atoms. The van der Waals surface area contributed by atoms with Crippen LogP contribution >= 0.6 is 0 Å². The molecule has 1 nitrogen and oxygen atoms in total. The highest BCUT2D eigenvalue weighted by atomic mass is 16.5. The van der Waals surface area contributed by atoms with Crippen molar-refractivity contribution in [3.63, 3.8) is 0 Å². The first-order valence-electron chi connectivity index (χ1n) is 7.70. The first-order valence-corrected chi connectivity index (χ1v) is 7.70. The Balaban J connectivity index is 0.00000172. The molecule has 0 bridgehead atoms. The molecule has 1 aromatic rings. The standard InChI is InChI=1S/C17H26O.C2H4/c1-3-5-6-7-8-9-12-16-13-10-11-14-17(16)18-15-4-2;1-2/h4,10-11,13-14H,2-3,5-9,12,15H2,1H3;1-2H2. The Morgan fingerprint density at radius 3 is 2.35 bits per heavy atom. The second-order valence-electron chi connectivity index (χ2n) is 4.73. The zero-order chi connectivity index (χ0) is 15.1. The van der Waals surface area contributed by atoms with E-state index >= 15 is 0 Å². The summed E-state index contributed by atoms with van der Waals surface area (Å²) in [4.78, 5) is 0. The molecule has 1 rings (SSSR count). The molecule has 0 aromatic heterocycles. The summed E-state index contributed by atoms with van der Waals surface area (Å²) >= 11 is 0. The van der Waals surface area contributed by atoms with Crippen LogP contribution in [0.4, 0.5) is 0 Å². The van der Waals surface area contributed by atoms with E-state index in [1.807, 2.05) is 6.07 Å². The summed E-state index contributed by atoms with van der Waals surface area (Å²) in [5.74, 6) is 1.02. The monoisotopic (exact) mass is 274 g/mol. The topological polar surface area (TPSA) is 9.23 Å². The molecule has 0 aliphatic carbocycles. The van der Waals surface area contributed by atoms with Crippen LogP contribution < -0.4 is 4.74 Å². The maximum Gasteiger partial charge on any atom is 0.122 e. The Bertz CT molecular complexity index is 343. The number of rotatable bonds is 10. The van der Waals surface area contributed by atoms with Gasteiger partial charge in [0.2, 0.25) is 0 Å². The summed E-state index contributed by atoms with van der Waals surface area (Å²) in [5, 5.41) is 0. The summed E-state index contributed by atoms with van der Waals surface area (Å²) in [6, 6.07) is 8.34. The van der Waals surface area contributed by atoms with Crippen molar-refractivity contribution in [3.8, 4) is 5.75 Å². The molecule has 0 saturated carbocycles. The molecule has 0 saturated heterocycles. The van der Waals surface area contributed by atoms with Crippen LogP contribution in [0.25, 0.3) is 0 Å². The first-order chi connectivity index (χ1) is 9.88. The third-order valence-corrected chi connectivity index (χ3v) is 3.13. The Labute approximate surface area is 125 Å². The van der Waals surface area contributed by atoms with E-state index in [0.29, 0.717) is 6.61 Å². The van der Waals surface area contributed by atoms with Gasteiger partial charge in [-0.2, -0.15) is 0 Å². The molecule has 0 unspecified atom stereocenters. The van der Waals surface area contributed by atoms with E-state index in [9.17, 15) is 0 Å². The third kappa shape index (κ3) is 8.58. The quantitative estimate of drug-likeness (QED) is 0.378. The lowest BCUT2D eigenvalue weighted by Crippen LogP contribution is -1.97. The number of aryl methyl sites for hydroxylation is 1. The number of benzene rings is 1. The SMILES string of the molecule is C=C.C=CCOc1ccccc1CCCCCCCC. The number of unbranched alkanes of at least 4 members (excludes halogenated alkanes) is 5. The molecule has 0 atom stereocenters. The van der Waals surface area contributed by atoms with E-state index in [1.54, 1.807) is 6.08 Å². The van der Waals surface area contributed by atoms with E-state index < -0.39 is 0 Å². The van der Waals surface area contributed by atoms with Crippen LogP contribution in [0.1, 0.15) is 51.0 Å². The van der Waals surface area contributed by atoms with Crippen LogP contribution in [-0.4, -0.2) is 6.61 Å². The summed E-state index contributed by atoms with van der Waals surface area (Å²) in [7, 11) is 0. The molecule has 1 heteroatoms. The fourth-order valence-corrected chi connectivity index (χ4v) is 2.10. The van der Waals surface area contributed by atoms with E-state index in [4.69, 9.17) is 4.74 Å². The fourth-order valence-electron chi connectivity index (χ4n) is 2.10. The minimum atomic E-state index is 0.591. The molecule has 0 radical (unpaired) electrons. The summed E-state index contributed by atoms with van der Waals surface area (Å²) < 4.78 is 5.66. The lowest BCUT2D eigenvalue weighted by molar-refractivity contribution is 0.358. The maximum atomic E-state index is 5.66. The Morgan fingerprint density at radius 1 is 1.00 bits per heavy atom. The zero-order valence-corrected chi connectivity index (χ0v) is 13.1. The van der Waals surface area contributed by atoms with Crippen molar-refractivity contribution < 1.29 is 4.74 Å².